The molecule has 1 aromatic rings. The van der Waals surface area contributed by atoms with E-state index in [1.165, 1.54) is 4.57 Å². The van der Waals surface area contributed by atoms with Gasteiger partial charge in [0.05, 0.1) is 13.2 Å². The Morgan fingerprint density at radius 3 is 2.69 bits per heavy atom. The summed E-state index contributed by atoms with van der Waals surface area (Å²) in [6.45, 7) is 5.57. The molecule has 0 aliphatic carbocycles. The fourth-order valence-corrected chi connectivity index (χ4v) is 1.38. The molecule has 0 aromatic carbocycles. The monoisotopic (exact) mass is 226 g/mol. The second-order valence-electron chi connectivity index (χ2n) is 3.57. The van der Waals surface area contributed by atoms with E-state index >= 15 is 0 Å². The van der Waals surface area contributed by atoms with Crippen molar-refractivity contribution in [3.63, 3.8) is 0 Å². The molecule has 1 aromatic heterocycles. The van der Waals surface area contributed by atoms with Crippen molar-refractivity contribution in [2.45, 2.75) is 33.2 Å². The molecule has 0 saturated carbocycles. The zero-order chi connectivity index (χ0) is 12.0. The van der Waals surface area contributed by atoms with E-state index in [9.17, 15) is 9.59 Å². The maximum absolute atomic E-state index is 11.4. The van der Waals surface area contributed by atoms with E-state index < -0.39 is 0 Å². The van der Waals surface area contributed by atoms with E-state index in [-0.39, 0.29) is 11.2 Å². The molecule has 16 heavy (non-hydrogen) atoms. The number of aromatic amines is 1. The Bertz CT molecular complexity index is 434. The summed E-state index contributed by atoms with van der Waals surface area (Å²) in [5.74, 6) is 0. The van der Waals surface area contributed by atoms with E-state index in [2.05, 4.69) is 4.98 Å². The molecule has 0 unspecified atom stereocenters. The van der Waals surface area contributed by atoms with Crippen LogP contribution in [-0.2, 0) is 17.7 Å². The van der Waals surface area contributed by atoms with Crippen LogP contribution in [-0.4, -0.2) is 22.8 Å². The van der Waals surface area contributed by atoms with Crippen LogP contribution in [0.5, 0.6) is 0 Å². The van der Waals surface area contributed by atoms with Crippen LogP contribution in [0, 0.1) is 0 Å². The molecule has 5 heteroatoms. The Labute approximate surface area is 94.1 Å². The number of aryl methyl sites for hydroxylation is 1. The summed E-state index contributed by atoms with van der Waals surface area (Å²) in [5.41, 5.74) is -0.0457. The van der Waals surface area contributed by atoms with Crippen molar-refractivity contribution in [3.8, 4) is 0 Å². The van der Waals surface area contributed by atoms with Gasteiger partial charge in [0.2, 0.25) is 0 Å². The molecule has 0 aliphatic heterocycles. The lowest BCUT2D eigenvalue weighted by Crippen LogP contribution is -2.32. The van der Waals surface area contributed by atoms with Gasteiger partial charge in [0.15, 0.2) is 0 Å². The quantitative estimate of drug-likeness (QED) is 0.719. The lowest BCUT2D eigenvalue weighted by molar-refractivity contribution is 0.126. The third-order valence-electron chi connectivity index (χ3n) is 2.29. The van der Waals surface area contributed by atoms with Crippen molar-refractivity contribution in [1.82, 2.24) is 9.55 Å². The van der Waals surface area contributed by atoms with E-state index in [0.717, 1.165) is 6.42 Å². The van der Waals surface area contributed by atoms with Crippen molar-refractivity contribution in [1.29, 1.82) is 0 Å². The Hall–Kier alpha value is -1.36. The number of hydrogen-bond donors (Lipinski definition) is 1. The second-order valence-corrected chi connectivity index (χ2v) is 3.57. The van der Waals surface area contributed by atoms with Crippen LogP contribution in [0.4, 0.5) is 0 Å². The first-order chi connectivity index (χ1) is 7.69. The van der Waals surface area contributed by atoms with E-state index in [4.69, 9.17) is 4.74 Å². The predicted molar refractivity (Wildman–Crippen MR) is 61.8 cm³/mol. The number of nitrogens with one attached hydrogen (secondary N) is 1. The molecule has 5 nitrogen and oxygen atoms in total. The van der Waals surface area contributed by atoms with E-state index in [0.29, 0.717) is 31.7 Å². The van der Waals surface area contributed by atoms with Gasteiger partial charge in [0.1, 0.15) is 0 Å². The first kappa shape index (κ1) is 12.7. The van der Waals surface area contributed by atoms with Crippen LogP contribution in [0.25, 0.3) is 0 Å². The van der Waals surface area contributed by atoms with E-state index in [1.54, 1.807) is 6.20 Å². The lowest BCUT2D eigenvalue weighted by atomic mass is 10.3. The normalized spacial score (nSPS) is 10.6. The minimum atomic E-state index is -0.373. The maximum atomic E-state index is 11.4. The second kappa shape index (κ2) is 6.27. The Morgan fingerprint density at radius 1 is 1.31 bits per heavy atom. The van der Waals surface area contributed by atoms with Crippen LogP contribution in [0.3, 0.4) is 0 Å². The van der Waals surface area contributed by atoms with Crippen molar-refractivity contribution in [3.05, 3.63) is 32.6 Å². The molecule has 0 bridgehead atoms. The number of H-pyrrole nitrogens is 1. The number of rotatable bonds is 6. The van der Waals surface area contributed by atoms with Gasteiger partial charge in [-0.25, -0.2) is 4.79 Å². The topological polar surface area (TPSA) is 64.1 Å². The summed E-state index contributed by atoms with van der Waals surface area (Å²) in [7, 11) is 0. The summed E-state index contributed by atoms with van der Waals surface area (Å²) in [6.07, 6.45) is 3.18. The molecule has 90 valence electrons. The van der Waals surface area contributed by atoms with Crippen LogP contribution in [0.2, 0.25) is 0 Å². The average molecular weight is 226 g/mol. The van der Waals surface area contributed by atoms with Crippen molar-refractivity contribution < 1.29 is 4.74 Å². The van der Waals surface area contributed by atoms with Crippen LogP contribution < -0.4 is 11.2 Å². The van der Waals surface area contributed by atoms with Crippen molar-refractivity contribution in [2.24, 2.45) is 0 Å². The third kappa shape index (κ3) is 3.34. The van der Waals surface area contributed by atoms with Gasteiger partial charge in [-0.3, -0.25) is 14.3 Å². The zero-order valence-electron chi connectivity index (χ0n) is 9.78. The summed E-state index contributed by atoms with van der Waals surface area (Å²) < 4.78 is 6.78. The highest BCUT2D eigenvalue weighted by Gasteiger charge is 2.02. The van der Waals surface area contributed by atoms with Crippen molar-refractivity contribution >= 4 is 0 Å². The molecule has 1 rings (SSSR count). The zero-order valence-corrected chi connectivity index (χ0v) is 9.78. The Balaban J connectivity index is 2.72. The Morgan fingerprint density at radius 2 is 2.06 bits per heavy atom. The average Bonchev–Trinajstić information content (AvgIpc) is 2.27. The van der Waals surface area contributed by atoms with Crippen LogP contribution in [0.1, 0.15) is 25.8 Å². The van der Waals surface area contributed by atoms with Gasteiger partial charge >= 0.3 is 5.69 Å². The largest absolute Gasteiger partial charge is 0.380 e. The molecule has 1 N–H and O–H groups in total. The number of nitrogens with zero attached hydrogens (tertiary/aromatic N) is 1. The molecular formula is C11H18N2O3. The molecular weight excluding hydrogens is 208 g/mol. The molecule has 0 saturated heterocycles. The van der Waals surface area contributed by atoms with E-state index in [1.807, 2.05) is 13.8 Å². The minimum Gasteiger partial charge on any atom is -0.380 e. The maximum Gasteiger partial charge on any atom is 0.328 e. The smallest absolute Gasteiger partial charge is 0.328 e. The van der Waals surface area contributed by atoms with Gasteiger partial charge < -0.3 is 4.74 Å². The van der Waals surface area contributed by atoms with Gasteiger partial charge in [0.25, 0.3) is 5.56 Å². The number of hydrogen-bond acceptors (Lipinski definition) is 3. The highest BCUT2D eigenvalue weighted by molar-refractivity contribution is 5.03. The van der Waals surface area contributed by atoms with Crippen LogP contribution in [0.15, 0.2) is 15.8 Å². The van der Waals surface area contributed by atoms with Gasteiger partial charge in [0, 0.05) is 18.4 Å². The predicted octanol–water partition coefficient (Wildman–Crippen LogP) is 0.526. The molecule has 0 atom stereocenters. The molecule has 0 spiro atoms. The summed E-state index contributed by atoms with van der Waals surface area (Å²) >= 11 is 0. The van der Waals surface area contributed by atoms with Crippen molar-refractivity contribution in [2.75, 3.05) is 13.2 Å². The van der Waals surface area contributed by atoms with Gasteiger partial charge in [-0.15, -0.1) is 0 Å². The molecule has 0 aliphatic rings. The minimum absolute atomic E-state index is 0.293. The molecule has 0 amide bonds. The summed E-state index contributed by atoms with van der Waals surface area (Å²) in [5, 5.41) is 0. The SMILES string of the molecule is CCCOCCn1cc(CC)c(=O)[nH]c1=O. The Kier molecular flexibility index (Phi) is 4.98. The standard InChI is InChI=1S/C11H18N2O3/c1-3-6-16-7-5-13-8-9(4-2)10(14)12-11(13)15/h8H,3-7H2,1-2H3,(H,12,14,15). The molecule has 1 heterocycles. The van der Waals surface area contributed by atoms with Gasteiger partial charge in [-0.1, -0.05) is 13.8 Å². The highest BCUT2D eigenvalue weighted by Crippen LogP contribution is 1.90. The lowest BCUT2D eigenvalue weighted by Gasteiger charge is -2.06. The fourth-order valence-electron chi connectivity index (χ4n) is 1.38. The third-order valence-corrected chi connectivity index (χ3v) is 2.29. The molecule has 0 radical (unpaired) electrons. The van der Waals surface area contributed by atoms with Crippen LogP contribution >= 0.6 is 0 Å². The fraction of sp³-hybridized carbons (Fsp3) is 0.636. The summed E-state index contributed by atoms with van der Waals surface area (Å²) in [4.78, 5) is 25.0. The van der Waals surface area contributed by atoms with Gasteiger partial charge in [-0.05, 0) is 12.8 Å². The number of ether oxygens (including phenoxy) is 1. The summed E-state index contributed by atoms with van der Waals surface area (Å²) in [6, 6.07) is 0. The van der Waals surface area contributed by atoms with Gasteiger partial charge in [-0.2, -0.15) is 0 Å². The molecule has 0 fully saturated rings. The first-order valence-corrected chi connectivity index (χ1v) is 5.59. The first-order valence-electron chi connectivity index (χ1n) is 5.59. The highest BCUT2D eigenvalue weighted by atomic mass is 16.5. The number of aromatic nitrogens is 2.